The van der Waals surface area contributed by atoms with Gasteiger partial charge in [0.1, 0.15) is 5.82 Å². The van der Waals surface area contributed by atoms with E-state index in [2.05, 4.69) is 0 Å². The maximum atomic E-state index is 12.8. The molecule has 4 heteroatoms. The summed E-state index contributed by atoms with van der Waals surface area (Å²) in [7, 11) is 0. The van der Waals surface area contributed by atoms with Crippen molar-refractivity contribution in [3.8, 4) is 0 Å². The summed E-state index contributed by atoms with van der Waals surface area (Å²) in [6.07, 6.45) is 0.207. The second-order valence-electron chi connectivity index (χ2n) is 3.75. The van der Waals surface area contributed by atoms with Crippen LogP contribution in [0, 0.1) is 12.7 Å². The molecule has 2 rings (SSSR count). The Hall–Kier alpha value is -1.19. The fourth-order valence-electron chi connectivity index (χ4n) is 1.51. The minimum absolute atomic E-state index is 0.0107. The van der Waals surface area contributed by atoms with E-state index in [4.69, 9.17) is 11.6 Å². The molecule has 0 atom stereocenters. The maximum absolute atomic E-state index is 12.8. The van der Waals surface area contributed by atoms with Gasteiger partial charge in [0.05, 0.1) is 4.88 Å². The van der Waals surface area contributed by atoms with Gasteiger partial charge in [0, 0.05) is 16.3 Å². The molecule has 0 N–H and O–H groups in total. The van der Waals surface area contributed by atoms with Crippen molar-refractivity contribution in [3.63, 3.8) is 0 Å². The zero-order valence-electron chi connectivity index (χ0n) is 9.17. The molecule has 2 aromatic rings. The predicted molar refractivity (Wildman–Crippen MR) is 68.5 cm³/mol. The molecule has 1 aromatic heterocycles. The molecule has 0 spiro atoms. The number of ketones is 1. The Labute approximate surface area is 108 Å². The number of hydrogen-bond donors (Lipinski definition) is 0. The van der Waals surface area contributed by atoms with Crippen LogP contribution in [-0.4, -0.2) is 5.78 Å². The Balaban J connectivity index is 2.18. The van der Waals surface area contributed by atoms with E-state index in [0.717, 1.165) is 4.88 Å². The minimum Gasteiger partial charge on any atom is -0.293 e. The molecule has 0 unspecified atom stereocenters. The van der Waals surface area contributed by atoms with Crippen LogP contribution in [0.4, 0.5) is 4.39 Å². The van der Waals surface area contributed by atoms with Crippen LogP contribution in [0.1, 0.15) is 20.1 Å². The lowest BCUT2D eigenvalue weighted by atomic mass is 10.1. The topological polar surface area (TPSA) is 17.1 Å². The monoisotopic (exact) mass is 268 g/mol. The van der Waals surface area contributed by atoms with E-state index < -0.39 is 5.82 Å². The number of thiophene rings is 1. The van der Waals surface area contributed by atoms with Crippen molar-refractivity contribution in [2.45, 2.75) is 13.3 Å². The number of rotatable bonds is 3. The Morgan fingerprint density at radius 1 is 1.35 bits per heavy atom. The summed E-state index contributed by atoms with van der Waals surface area (Å²) in [6.45, 7) is 1.95. The first-order chi connectivity index (χ1) is 8.06. The second kappa shape index (κ2) is 4.98. The van der Waals surface area contributed by atoms with Gasteiger partial charge in [-0.25, -0.2) is 4.39 Å². The molecule has 0 aliphatic rings. The van der Waals surface area contributed by atoms with Gasteiger partial charge >= 0.3 is 0 Å². The Morgan fingerprint density at radius 2 is 2.12 bits per heavy atom. The lowest BCUT2D eigenvalue weighted by Gasteiger charge is -2.02. The number of aryl methyl sites for hydroxylation is 1. The summed E-state index contributed by atoms with van der Waals surface area (Å²) < 4.78 is 12.8. The number of hydrogen-bond acceptors (Lipinski definition) is 2. The summed E-state index contributed by atoms with van der Waals surface area (Å²) in [5.41, 5.74) is 0.657. The highest BCUT2D eigenvalue weighted by molar-refractivity contribution is 7.14. The minimum atomic E-state index is -0.391. The fourth-order valence-corrected chi connectivity index (χ4v) is 2.55. The molecule has 1 heterocycles. The Bertz CT molecular complexity index is 562. The van der Waals surface area contributed by atoms with E-state index in [-0.39, 0.29) is 12.2 Å². The number of Topliss-reactive ketones (excluding diaryl/α,β-unsaturated/α-hetero) is 1. The van der Waals surface area contributed by atoms with E-state index >= 15 is 0 Å². The summed E-state index contributed by atoms with van der Waals surface area (Å²) in [5.74, 6) is -0.380. The van der Waals surface area contributed by atoms with Crippen molar-refractivity contribution in [3.05, 3.63) is 56.5 Å². The third-order valence-electron chi connectivity index (χ3n) is 2.38. The van der Waals surface area contributed by atoms with E-state index in [1.54, 1.807) is 12.1 Å². The van der Waals surface area contributed by atoms with Crippen LogP contribution in [-0.2, 0) is 6.42 Å². The molecule has 0 fully saturated rings. The highest BCUT2D eigenvalue weighted by atomic mass is 35.5. The molecule has 0 aliphatic heterocycles. The van der Waals surface area contributed by atoms with E-state index in [1.807, 2.05) is 13.0 Å². The molecule has 0 saturated heterocycles. The van der Waals surface area contributed by atoms with Crippen molar-refractivity contribution in [2.24, 2.45) is 0 Å². The average molecular weight is 269 g/mol. The van der Waals surface area contributed by atoms with Gasteiger partial charge in [-0.3, -0.25) is 4.79 Å². The van der Waals surface area contributed by atoms with Crippen LogP contribution in [0.2, 0.25) is 5.02 Å². The molecule has 88 valence electrons. The summed E-state index contributed by atoms with van der Waals surface area (Å²) in [6, 6.07) is 7.80. The van der Waals surface area contributed by atoms with Crippen LogP contribution in [0.5, 0.6) is 0 Å². The first-order valence-corrected chi connectivity index (χ1v) is 6.29. The average Bonchev–Trinajstić information content (AvgIpc) is 2.69. The lowest BCUT2D eigenvalue weighted by molar-refractivity contribution is 0.0997. The van der Waals surface area contributed by atoms with Crippen molar-refractivity contribution in [1.82, 2.24) is 0 Å². The highest BCUT2D eigenvalue weighted by Gasteiger charge is 2.11. The van der Waals surface area contributed by atoms with Crippen molar-refractivity contribution in [2.75, 3.05) is 0 Å². The van der Waals surface area contributed by atoms with Gasteiger partial charge in [0.2, 0.25) is 0 Å². The SMILES string of the molecule is Cc1ccc(C(=O)Cc2ccc(F)cc2Cl)s1. The van der Waals surface area contributed by atoms with E-state index in [1.165, 1.54) is 23.5 Å². The summed E-state index contributed by atoms with van der Waals surface area (Å²) >= 11 is 7.33. The molecule has 1 nitrogen and oxygen atoms in total. The first kappa shape index (κ1) is 12.3. The number of benzene rings is 1. The number of halogens is 2. The van der Waals surface area contributed by atoms with Crippen LogP contribution in [0.3, 0.4) is 0 Å². The molecule has 0 radical (unpaired) electrons. The maximum Gasteiger partial charge on any atom is 0.177 e. The smallest absolute Gasteiger partial charge is 0.177 e. The van der Waals surface area contributed by atoms with Crippen molar-refractivity contribution >= 4 is 28.7 Å². The van der Waals surface area contributed by atoms with Gasteiger partial charge in [0.15, 0.2) is 5.78 Å². The van der Waals surface area contributed by atoms with Gasteiger partial charge in [-0.05, 0) is 36.8 Å². The third-order valence-corrected chi connectivity index (χ3v) is 3.77. The first-order valence-electron chi connectivity index (χ1n) is 5.10. The van der Waals surface area contributed by atoms with Gasteiger partial charge in [0.25, 0.3) is 0 Å². The van der Waals surface area contributed by atoms with Crippen LogP contribution >= 0.6 is 22.9 Å². The Kier molecular flexibility index (Phi) is 3.60. The summed E-state index contributed by atoms with van der Waals surface area (Å²) in [5, 5.41) is 0.298. The molecule has 0 aliphatic carbocycles. The molecular weight excluding hydrogens is 259 g/mol. The molecule has 0 amide bonds. The second-order valence-corrected chi connectivity index (χ2v) is 5.44. The largest absolute Gasteiger partial charge is 0.293 e. The molecule has 1 aromatic carbocycles. The zero-order valence-corrected chi connectivity index (χ0v) is 10.7. The van der Waals surface area contributed by atoms with Gasteiger partial charge in [-0.1, -0.05) is 17.7 Å². The van der Waals surface area contributed by atoms with Gasteiger partial charge < -0.3 is 0 Å². The van der Waals surface area contributed by atoms with Crippen LogP contribution < -0.4 is 0 Å². The molecule has 17 heavy (non-hydrogen) atoms. The van der Waals surface area contributed by atoms with Crippen LogP contribution in [0.15, 0.2) is 30.3 Å². The van der Waals surface area contributed by atoms with E-state index in [9.17, 15) is 9.18 Å². The summed E-state index contributed by atoms with van der Waals surface area (Å²) in [4.78, 5) is 13.7. The normalized spacial score (nSPS) is 10.5. The fraction of sp³-hybridized carbons (Fsp3) is 0.154. The standard InChI is InChI=1S/C13H10ClFOS/c1-8-2-5-13(17-8)12(16)6-9-3-4-10(15)7-11(9)14/h2-5,7H,6H2,1H3. The van der Waals surface area contributed by atoms with Gasteiger partial charge in [-0.2, -0.15) is 0 Å². The lowest BCUT2D eigenvalue weighted by Crippen LogP contribution is -2.01. The number of carbonyl (C=O) groups is 1. The van der Waals surface area contributed by atoms with Gasteiger partial charge in [-0.15, -0.1) is 11.3 Å². The molecule has 0 saturated carbocycles. The van der Waals surface area contributed by atoms with Crippen LogP contribution in [0.25, 0.3) is 0 Å². The predicted octanol–water partition coefficient (Wildman–Crippen LogP) is 4.27. The molecular formula is C13H10ClFOS. The highest BCUT2D eigenvalue weighted by Crippen LogP contribution is 2.22. The molecule has 0 bridgehead atoms. The Morgan fingerprint density at radius 3 is 2.71 bits per heavy atom. The number of carbonyl (C=O) groups excluding carboxylic acids is 1. The van der Waals surface area contributed by atoms with E-state index in [0.29, 0.717) is 15.5 Å². The zero-order chi connectivity index (χ0) is 12.4. The third kappa shape index (κ3) is 2.93. The van der Waals surface area contributed by atoms with Crippen molar-refractivity contribution < 1.29 is 9.18 Å². The quantitative estimate of drug-likeness (QED) is 0.760. The van der Waals surface area contributed by atoms with Crippen molar-refractivity contribution in [1.29, 1.82) is 0 Å².